The Balaban J connectivity index is 1.73. The number of benzene rings is 2. The first-order chi connectivity index (χ1) is 11.7. The molecule has 24 heavy (non-hydrogen) atoms. The summed E-state index contributed by atoms with van der Waals surface area (Å²) in [6.45, 7) is 2.11. The minimum Gasteiger partial charge on any atom is -0.493 e. The molecule has 0 amide bonds. The van der Waals surface area contributed by atoms with Crippen molar-refractivity contribution in [3.8, 4) is 22.9 Å². The highest BCUT2D eigenvalue weighted by Crippen LogP contribution is 2.28. The minimum absolute atomic E-state index is 0.107. The van der Waals surface area contributed by atoms with Gasteiger partial charge in [0.1, 0.15) is 6.29 Å². The quantitative estimate of drug-likeness (QED) is 0.647. The number of rotatable bonds is 6. The average molecular weight is 324 g/mol. The summed E-state index contributed by atoms with van der Waals surface area (Å²) in [5, 5.41) is 3.97. The van der Waals surface area contributed by atoms with Crippen LogP contribution in [-0.2, 0) is 6.61 Å². The first-order valence-corrected chi connectivity index (χ1v) is 7.35. The summed E-state index contributed by atoms with van der Waals surface area (Å²) in [4.78, 5) is 15.1. The van der Waals surface area contributed by atoms with E-state index in [0.717, 1.165) is 17.4 Å². The van der Waals surface area contributed by atoms with E-state index in [-0.39, 0.29) is 6.61 Å². The van der Waals surface area contributed by atoms with Crippen molar-refractivity contribution in [2.24, 2.45) is 0 Å². The van der Waals surface area contributed by atoms with Crippen LogP contribution in [0.2, 0.25) is 0 Å². The largest absolute Gasteiger partial charge is 0.493 e. The summed E-state index contributed by atoms with van der Waals surface area (Å²) in [7, 11) is 1.51. The molecule has 0 saturated carbocycles. The topological polar surface area (TPSA) is 74.5 Å². The van der Waals surface area contributed by atoms with E-state index in [4.69, 9.17) is 14.0 Å². The summed E-state index contributed by atoms with van der Waals surface area (Å²) in [5.41, 5.74) is 2.52. The maximum absolute atomic E-state index is 10.8. The zero-order chi connectivity index (χ0) is 16.9. The van der Waals surface area contributed by atoms with E-state index in [1.54, 1.807) is 18.2 Å². The van der Waals surface area contributed by atoms with Gasteiger partial charge in [0.25, 0.3) is 5.89 Å². The number of nitrogens with zero attached hydrogens (tertiary/aromatic N) is 2. The van der Waals surface area contributed by atoms with Crippen LogP contribution in [0.5, 0.6) is 11.5 Å². The lowest BCUT2D eigenvalue weighted by Crippen LogP contribution is -1.98. The number of aryl methyl sites for hydroxylation is 1. The number of hydrogen-bond acceptors (Lipinski definition) is 6. The van der Waals surface area contributed by atoms with Crippen molar-refractivity contribution in [2.45, 2.75) is 13.5 Å². The lowest BCUT2D eigenvalue weighted by Gasteiger charge is -2.09. The predicted molar refractivity (Wildman–Crippen MR) is 87.2 cm³/mol. The second-order valence-corrected chi connectivity index (χ2v) is 5.20. The van der Waals surface area contributed by atoms with Gasteiger partial charge in [-0.25, -0.2) is 0 Å². The molecule has 1 aromatic heterocycles. The Labute approximate surface area is 139 Å². The second kappa shape index (κ2) is 6.95. The summed E-state index contributed by atoms with van der Waals surface area (Å²) in [6.07, 6.45) is 0.748. The van der Waals surface area contributed by atoms with Gasteiger partial charge in [0.05, 0.1) is 7.11 Å². The van der Waals surface area contributed by atoms with Gasteiger partial charge in [-0.3, -0.25) is 4.79 Å². The third-order valence-corrected chi connectivity index (χ3v) is 3.42. The molecule has 122 valence electrons. The van der Waals surface area contributed by atoms with Crippen LogP contribution < -0.4 is 9.47 Å². The minimum atomic E-state index is 0.107. The molecule has 6 heteroatoms. The fourth-order valence-corrected chi connectivity index (χ4v) is 2.23. The van der Waals surface area contributed by atoms with Crippen LogP contribution in [0.3, 0.4) is 0 Å². The van der Waals surface area contributed by atoms with Gasteiger partial charge in [-0.2, -0.15) is 4.98 Å². The van der Waals surface area contributed by atoms with Crippen molar-refractivity contribution in [1.29, 1.82) is 0 Å². The molecule has 6 nitrogen and oxygen atoms in total. The molecule has 0 bridgehead atoms. The van der Waals surface area contributed by atoms with Crippen molar-refractivity contribution >= 4 is 6.29 Å². The van der Waals surface area contributed by atoms with Crippen LogP contribution in [-0.4, -0.2) is 23.5 Å². The van der Waals surface area contributed by atoms with Crippen LogP contribution in [0.1, 0.15) is 21.8 Å². The van der Waals surface area contributed by atoms with Gasteiger partial charge in [-0.15, -0.1) is 0 Å². The van der Waals surface area contributed by atoms with E-state index in [0.29, 0.717) is 28.8 Å². The molecular formula is C18H16N2O4. The third-order valence-electron chi connectivity index (χ3n) is 3.42. The molecule has 0 N–H and O–H groups in total. The number of carbonyl (C=O) groups excluding carboxylic acids is 1. The Hall–Kier alpha value is -3.15. The van der Waals surface area contributed by atoms with E-state index in [1.807, 2.05) is 31.2 Å². The SMILES string of the molecule is COc1cc(C=O)ccc1OCc1nc(-c2cccc(C)c2)no1. The van der Waals surface area contributed by atoms with Crippen molar-refractivity contribution < 1.29 is 18.8 Å². The van der Waals surface area contributed by atoms with Crippen LogP contribution in [0.4, 0.5) is 0 Å². The molecule has 0 aliphatic carbocycles. The number of ether oxygens (including phenoxy) is 2. The molecule has 3 aromatic rings. The fraction of sp³-hybridized carbons (Fsp3) is 0.167. The third kappa shape index (κ3) is 3.43. The van der Waals surface area contributed by atoms with Gasteiger partial charge in [0.2, 0.25) is 5.82 Å². The summed E-state index contributed by atoms with van der Waals surface area (Å²) in [6, 6.07) is 12.8. The molecule has 0 fully saturated rings. The van der Waals surface area contributed by atoms with E-state index in [1.165, 1.54) is 7.11 Å². The van der Waals surface area contributed by atoms with E-state index in [2.05, 4.69) is 10.1 Å². The van der Waals surface area contributed by atoms with Crippen LogP contribution in [0.25, 0.3) is 11.4 Å². The molecule has 0 saturated heterocycles. The van der Waals surface area contributed by atoms with E-state index < -0.39 is 0 Å². The monoisotopic (exact) mass is 324 g/mol. The smallest absolute Gasteiger partial charge is 0.264 e. The highest BCUT2D eigenvalue weighted by atomic mass is 16.5. The molecule has 0 aliphatic heterocycles. The van der Waals surface area contributed by atoms with Gasteiger partial charge in [-0.05, 0) is 31.2 Å². The van der Waals surface area contributed by atoms with Gasteiger partial charge in [-0.1, -0.05) is 28.9 Å². The first-order valence-electron chi connectivity index (χ1n) is 7.35. The Morgan fingerprint density at radius 1 is 1.17 bits per heavy atom. The van der Waals surface area contributed by atoms with Crippen molar-refractivity contribution in [3.63, 3.8) is 0 Å². The zero-order valence-electron chi connectivity index (χ0n) is 13.4. The van der Waals surface area contributed by atoms with Crippen LogP contribution in [0.15, 0.2) is 47.0 Å². The number of aromatic nitrogens is 2. The van der Waals surface area contributed by atoms with Gasteiger partial charge in [0, 0.05) is 11.1 Å². The number of methoxy groups -OCH3 is 1. The van der Waals surface area contributed by atoms with Crippen molar-refractivity contribution in [3.05, 3.63) is 59.5 Å². The number of carbonyl (C=O) groups is 1. The van der Waals surface area contributed by atoms with Gasteiger partial charge in [0.15, 0.2) is 18.1 Å². The number of hydrogen-bond donors (Lipinski definition) is 0. The lowest BCUT2D eigenvalue weighted by molar-refractivity contribution is 0.112. The summed E-state index contributed by atoms with van der Waals surface area (Å²) in [5.74, 6) is 1.84. The molecular weight excluding hydrogens is 308 g/mol. The lowest BCUT2D eigenvalue weighted by atomic mass is 10.1. The van der Waals surface area contributed by atoms with Crippen LogP contribution in [0, 0.1) is 6.92 Å². The van der Waals surface area contributed by atoms with E-state index in [9.17, 15) is 4.79 Å². The zero-order valence-corrected chi connectivity index (χ0v) is 13.4. The maximum atomic E-state index is 10.8. The maximum Gasteiger partial charge on any atom is 0.264 e. The molecule has 0 spiro atoms. The van der Waals surface area contributed by atoms with E-state index >= 15 is 0 Å². The summed E-state index contributed by atoms with van der Waals surface area (Å²) < 4.78 is 16.1. The molecule has 0 radical (unpaired) electrons. The normalized spacial score (nSPS) is 10.4. The van der Waals surface area contributed by atoms with Crippen LogP contribution >= 0.6 is 0 Å². The van der Waals surface area contributed by atoms with Crippen molar-refractivity contribution in [1.82, 2.24) is 10.1 Å². The highest BCUT2D eigenvalue weighted by Gasteiger charge is 2.11. The highest BCUT2D eigenvalue weighted by molar-refractivity contribution is 5.76. The molecule has 0 aliphatic rings. The molecule has 3 rings (SSSR count). The van der Waals surface area contributed by atoms with Crippen molar-refractivity contribution in [2.75, 3.05) is 7.11 Å². The average Bonchev–Trinajstić information content (AvgIpc) is 3.09. The Bertz CT molecular complexity index is 858. The fourth-order valence-electron chi connectivity index (χ4n) is 2.23. The number of aldehydes is 1. The van der Waals surface area contributed by atoms with Gasteiger partial charge >= 0.3 is 0 Å². The first kappa shape index (κ1) is 15.7. The molecule has 0 atom stereocenters. The second-order valence-electron chi connectivity index (χ2n) is 5.20. The molecule has 0 unspecified atom stereocenters. The Kier molecular flexibility index (Phi) is 4.56. The Morgan fingerprint density at radius 3 is 2.79 bits per heavy atom. The standard InChI is InChI=1S/C18H16N2O4/c1-12-4-3-5-14(8-12)18-19-17(24-20-18)11-23-15-7-6-13(10-21)9-16(15)22-2/h3-10H,11H2,1-2H3. The predicted octanol–water partition coefficient (Wildman–Crippen LogP) is 3.45. The van der Waals surface area contributed by atoms with Gasteiger partial charge < -0.3 is 14.0 Å². The molecule has 2 aromatic carbocycles. The Morgan fingerprint density at radius 2 is 2.04 bits per heavy atom. The molecule has 1 heterocycles. The summed E-state index contributed by atoms with van der Waals surface area (Å²) >= 11 is 0.